The highest BCUT2D eigenvalue weighted by Gasteiger charge is 2.66. The standard InChI is InChI=1S/C16H28N2O/c1-12-5-16(6-13(16)18(12)14(2,3)4)9-17-7-15(8-17)10-19-11-15/h12-13H,5-11H2,1-4H3/t12-,13-,16+/m1/s1. The smallest absolute Gasteiger partial charge is 0.0569 e. The molecule has 1 spiro atoms. The summed E-state index contributed by atoms with van der Waals surface area (Å²) in [6.45, 7) is 15.5. The fraction of sp³-hybridized carbons (Fsp3) is 1.00. The van der Waals surface area contributed by atoms with Crippen LogP contribution in [0.4, 0.5) is 0 Å². The predicted octanol–water partition coefficient (Wildman–Crippen LogP) is 1.97. The van der Waals surface area contributed by atoms with Crippen LogP contribution in [-0.4, -0.2) is 60.3 Å². The molecule has 0 aromatic heterocycles. The highest BCUT2D eigenvalue weighted by atomic mass is 16.5. The minimum Gasteiger partial charge on any atom is -0.380 e. The van der Waals surface area contributed by atoms with Crippen molar-refractivity contribution >= 4 is 0 Å². The maximum absolute atomic E-state index is 5.38. The molecule has 0 radical (unpaired) electrons. The Morgan fingerprint density at radius 2 is 1.84 bits per heavy atom. The third-order valence-corrected chi connectivity index (χ3v) is 5.91. The Balaban J connectivity index is 1.39. The number of hydrogen-bond donors (Lipinski definition) is 0. The van der Waals surface area contributed by atoms with E-state index in [9.17, 15) is 0 Å². The molecule has 4 aliphatic rings. The van der Waals surface area contributed by atoms with Crippen LogP contribution in [0.5, 0.6) is 0 Å². The molecule has 1 saturated carbocycles. The summed E-state index contributed by atoms with van der Waals surface area (Å²) < 4.78 is 5.38. The largest absolute Gasteiger partial charge is 0.380 e. The number of rotatable bonds is 2. The number of fused-ring (bicyclic) bond motifs is 1. The van der Waals surface area contributed by atoms with E-state index in [1.807, 2.05) is 0 Å². The SMILES string of the molecule is C[C@@H]1C[C@@]2(CN3CC4(COC4)C3)C[C@H]2N1C(C)(C)C. The number of piperidine rings is 1. The lowest BCUT2D eigenvalue weighted by Gasteiger charge is -2.56. The number of hydrogen-bond acceptors (Lipinski definition) is 3. The maximum atomic E-state index is 5.38. The summed E-state index contributed by atoms with van der Waals surface area (Å²) in [5, 5.41) is 0. The van der Waals surface area contributed by atoms with Crippen LogP contribution in [0.15, 0.2) is 0 Å². The Kier molecular flexibility index (Phi) is 2.36. The first-order valence-electron chi connectivity index (χ1n) is 7.92. The van der Waals surface area contributed by atoms with Gasteiger partial charge >= 0.3 is 0 Å². The van der Waals surface area contributed by atoms with Crippen LogP contribution in [0.25, 0.3) is 0 Å². The van der Waals surface area contributed by atoms with Crippen molar-refractivity contribution in [2.45, 2.75) is 58.2 Å². The van der Waals surface area contributed by atoms with Gasteiger partial charge in [0.15, 0.2) is 0 Å². The van der Waals surface area contributed by atoms with Crippen molar-refractivity contribution in [2.24, 2.45) is 10.8 Å². The lowest BCUT2D eigenvalue weighted by molar-refractivity contribution is -0.191. The van der Waals surface area contributed by atoms with Gasteiger partial charge in [-0.25, -0.2) is 0 Å². The second-order valence-electron chi connectivity index (χ2n) is 8.85. The third-order valence-electron chi connectivity index (χ3n) is 5.91. The van der Waals surface area contributed by atoms with Crippen molar-refractivity contribution in [3.8, 4) is 0 Å². The van der Waals surface area contributed by atoms with E-state index in [0.29, 0.717) is 16.4 Å². The van der Waals surface area contributed by atoms with Gasteiger partial charge < -0.3 is 9.64 Å². The number of ether oxygens (including phenoxy) is 1. The van der Waals surface area contributed by atoms with Gasteiger partial charge in [-0.1, -0.05) is 0 Å². The average molecular weight is 264 g/mol. The molecule has 108 valence electrons. The second kappa shape index (κ2) is 3.55. The molecule has 0 unspecified atom stereocenters. The Hall–Kier alpha value is -0.120. The summed E-state index contributed by atoms with van der Waals surface area (Å²) in [7, 11) is 0. The van der Waals surface area contributed by atoms with Gasteiger partial charge in [0.1, 0.15) is 0 Å². The van der Waals surface area contributed by atoms with Gasteiger partial charge in [-0.05, 0) is 40.5 Å². The van der Waals surface area contributed by atoms with Crippen molar-refractivity contribution < 1.29 is 4.74 Å². The monoisotopic (exact) mass is 264 g/mol. The first kappa shape index (κ1) is 12.6. The molecular weight excluding hydrogens is 236 g/mol. The van der Waals surface area contributed by atoms with Gasteiger partial charge in [0, 0.05) is 48.1 Å². The van der Waals surface area contributed by atoms with Crippen LogP contribution in [-0.2, 0) is 4.74 Å². The molecule has 3 aliphatic heterocycles. The van der Waals surface area contributed by atoms with Crippen LogP contribution in [0, 0.1) is 10.8 Å². The highest BCUT2D eigenvalue weighted by molar-refractivity contribution is 5.20. The first-order chi connectivity index (χ1) is 8.84. The van der Waals surface area contributed by atoms with Crippen LogP contribution in [0.1, 0.15) is 40.5 Å². The van der Waals surface area contributed by atoms with E-state index < -0.39 is 0 Å². The second-order valence-corrected chi connectivity index (χ2v) is 8.85. The molecule has 0 bridgehead atoms. The van der Waals surface area contributed by atoms with Gasteiger partial charge in [-0.15, -0.1) is 0 Å². The molecule has 3 saturated heterocycles. The Morgan fingerprint density at radius 3 is 2.32 bits per heavy atom. The minimum atomic E-state index is 0.334. The third kappa shape index (κ3) is 1.74. The summed E-state index contributed by atoms with van der Waals surface area (Å²) in [4.78, 5) is 5.48. The molecule has 3 heteroatoms. The summed E-state index contributed by atoms with van der Waals surface area (Å²) in [6, 6.07) is 1.62. The quantitative estimate of drug-likeness (QED) is 0.758. The van der Waals surface area contributed by atoms with E-state index in [1.54, 1.807) is 0 Å². The van der Waals surface area contributed by atoms with Crippen LogP contribution >= 0.6 is 0 Å². The summed E-state index contributed by atoms with van der Waals surface area (Å²) in [5.74, 6) is 0. The molecule has 0 N–H and O–H groups in total. The Bertz CT molecular complexity index is 390. The van der Waals surface area contributed by atoms with E-state index >= 15 is 0 Å². The molecule has 0 amide bonds. The number of nitrogens with zero attached hydrogens (tertiary/aromatic N) is 2. The lowest BCUT2D eigenvalue weighted by atomic mass is 9.77. The zero-order valence-corrected chi connectivity index (χ0v) is 12.9. The Labute approximate surface area is 117 Å². The van der Waals surface area contributed by atoms with Crippen LogP contribution < -0.4 is 0 Å². The zero-order valence-electron chi connectivity index (χ0n) is 12.9. The van der Waals surface area contributed by atoms with Crippen molar-refractivity contribution in [3.05, 3.63) is 0 Å². The van der Waals surface area contributed by atoms with E-state index in [0.717, 1.165) is 25.3 Å². The van der Waals surface area contributed by atoms with Gasteiger partial charge in [-0.3, -0.25) is 4.90 Å². The fourth-order valence-electron chi connectivity index (χ4n) is 5.33. The average Bonchev–Trinajstić information content (AvgIpc) is 2.72. The predicted molar refractivity (Wildman–Crippen MR) is 76.2 cm³/mol. The van der Waals surface area contributed by atoms with E-state index in [1.165, 1.54) is 32.5 Å². The van der Waals surface area contributed by atoms with E-state index in [4.69, 9.17) is 4.74 Å². The van der Waals surface area contributed by atoms with E-state index in [2.05, 4.69) is 37.5 Å². The van der Waals surface area contributed by atoms with Crippen molar-refractivity contribution in [2.75, 3.05) is 32.8 Å². The lowest BCUT2D eigenvalue weighted by Crippen LogP contribution is -2.66. The van der Waals surface area contributed by atoms with Crippen molar-refractivity contribution in [1.29, 1.82) is 0 Å². The molecule has 4 fully saturated rings. The summed E-state index contributed by atoms with van der Waals surface area (Å²) >= 11 is 0. The normalized spacial score (nSPS) is 44.8. The highest BCUT2D eigenvalue weighted by Crippen LogP contribution is 2.62. The van der Waals surface area contributed by atoms with Crippen molar-refractivity contribution in [1.82, 2.24) is 9.80 Å². The molecule has 0 aromatic rings. The van der Waals surface area contributed by atoms with E-state index in [-0.39, 0.29) is 0 Å². The molecule has 3 atom stereocenters. The molecule has 1 aliphatic carbocycles. The zero-order chi connectivity index (χ0) is 13.5. The molecule has 19 heavy (non-hydrogen) atoms. The van der Waals surface area contributed by atoms with Crippen LogP contribution in [0.3, 0.4) is 0 Å². The molecular formula is C16H28N2O. The molecule has 0 aromatic carbocycles. The van der Waals surface area contributed by atoms with Gasteiger partial charge in [0.2, 0.25) is 0 Å². The first-order valence-corrected chi connectivity index (χ1v) is 7.92. The minimum absolute atomic E-state index is 0.334. The molecule has 3 nitrogen and oxygen atoms in total. The molecule has 4 rings (SSSR count). The summed E-state index contributed by atoms with van der Waals surface area (Å²) in [6.07, 6.45) is 2.85. The summed E-state index contributed by atoms with van der Waals surface area (Å²) in [5.41, 5.74) is 1.55. The van der Waals surface area contributed by atoms with Gasteiger partial charge in [0.05, 0.1) is 13.2 Å². The molecule has 3 heterocycles. The topological polar surface area (TPSA) is 15.7 Å². The maximum Gasteiger partial charge on any atom is 0.0569 e. The van der Waals surface area contributed by atoms with Crippen molar-refractivity contribution in [3.63, 3.8) is 0 Å². The Morgan fingerprint density at radius 1 is 1.16 bits per heavy atom. The van der Waals surface area contributed by atoms with Crippen LogP contribution in [0.2, 0.25) is 0 Å². The van der Waals surface area contributed by atoms with Gasteiger partial charge in [-0.2, -0.15) is 0 Å². The fourth-order valence-corrected chi connectivity index (χ4v) is 5.33. The number of likely N-dealkylation sites (tertiary alicyclic amines) is 2. The van der Waals surface area contributed by atoms with Gasteiger partial charge in [0.25, 0.3) is 0 Å².